The van der Waals surface area contributed by atoms with Crippen molar-refractivity contribution in [1.29, 1.82) is 0 Å². The lowest BCUT2D eigenvalue weighted by Crippen LogP contribution is -2.60. The predicted molar refractivity (Wildman–Crippen MR) is 62.0 cm³/mol. The van der Waals surface area contributed by atoms with E-state index in [2.05, 4.69) is 4.90 Å². The first kappa shape index (κ1) is 9.82. The van der Waals surface area contributed by atoms with Crippen molar-refractivity contribution in [2.24, 2.45) is 5.41 Å². The third-order valence-electron chi connectivity index (χ3n) is 3.89. The van der Waals surface area contributed by atoms with Crippen LogP contribution >= 0.6 is 11.3 Å². The molecule has 2 nitrogen and oxygen atoms in total. The Balaban J connectivity index is 1.50. The average molecular weight is 223 g/mol. The van der Waals surface area contributed by atoms with Gasteiger partial charge in [-0.25, -0.2) is 0 Å². The third-order valence-corrected chi connectivity index (χ3v) is 4.59. The van der Waals surface area contributed by atoms with Gasteiger partial charge in [-0.1, -0.05) is 6.42 Å². The summed E-state index contributed by atoms with van der Waals surface area (Å²) in [4.78, 5) is 2.39. The van der Waals surface area contributed by atoms with Crippen molar-refractivity contribution in [3.63, 3.8) is 0 Å². The molecule has 2 heterocycles. The second-order valence-electron chi connectivity index (χ2n) is 5.10. The van der Waals surface area contributed by atoms with Crippen LogP contribution in [0, 0.1) is 5.41 Å². The van der Waals surface area contributed by atoms with Crippen molar-refractivity contribution < 1.29 is 5.11 Å². The minimum Gasteiger partial charge on any atom is -0.387 e. The van der Waals surface area contributed by atoms with Crippen molar-refractivity contribution in [3.05, 3.63) is 22.4 Å². The summed E-state index contributed by atoms with van der Waals surface area (Å²) >= 11 is 1.66. The van der Waals surface area contributed by atoms with Crippen molar-refractivity contribution >= 4 is 11.3 Å². The summed E-state index contributed by atoms with van der Waals surface area (Å²) in [6.45, 7) is 3.25. The number of rotatable bonds is 3. The maximum absolute atomic E-state index is 9.97. The van der Waals surface area contributed by atoms with Crippen LogP contribution in [-0.4, -0.2) is 29.6 Å². The van der Waals surface area contributed by atoms with Crippen molar-refractivity contribution in [2.75, 3.05) is 19.6 Å². The molecule has 1 aromatic heterocycles. The average Bonchev–Trinajstić information content (AvgIpc) is 2.59. The van der Waals surface area contributed by atoms with Crippen LogP contribution in [-0.2, 0) is 0 Å². The molecule has 3 heteroatoms. The lowest BCUT2D eigenvalue weighted by atomic mass is 9.63. The second-order valence-corrected chi connectivity index (χ2v) is 5.88. The van der Waals surface area contributed by atoms with E-state index in [1.807, 2.05) is 16.8 Å². The van der Waals surface area contributed by atoms with Crippen LogP contribution in [0.3, 0.4) is 0 Å². The first-order chi connectivity index (χ1) is 7.27. The molecule has 1 aliphatic carbocycles. The lowest BCUT2D eigenvalue weighted by Gasteiger charge is -2.56. The Hall–Kier alpha value is -0.380. The van der Waals surface area contributed by atoms with Gasteiger partial charge in [0.15, 0.2) is 0 Å². The van der Waals surface area contributed by atoms with Crippen molar-refractivity contribution in [2.45, 2.75) is 25.4 Å². The predicted octanol–water partition coefficient (Wildman–Crippen LogP) is 2.27. The molecule has 3 rings (SSSR count). The summed E-state index contributed by atoms with van der Waals surface area (Å²) in [6.07, 6.45) is 3.96. The van der Waals surface area contributed by atoms with Gasteiger partial charge in [0.2, 0.25) is 0 Å². The molecular weight excluding hydrogens is 206 g/mol. The molecule has 2 fully saturated rings. The van der Waals surface area contributed by atoms with E-state index in [0.717, 1.165) is 12.1 Å². The van der Waals surface area contributed by atoms with Gasteiger partial charge in [-0.2, -0.15) is 11.3 Å². The molecule has 15 heavy (non-hydrogen) atoms. The number of hydrogen-bond donors (Lipinski definition) is 1. The van der Waals surface area contributed by atoms with Gasteiger partial charge in [0, 0.05) is 19.6 Å². The molecule has 1 atom stereocenters. The molecule has 1 aromatic rings. The Kier molecular flexibility index (Phi) is 2.34. The van der Waals surface area contributed by atoms with Crippen LogP contribution < -0.4 is 0 Å². The fourth-order valence-electron chi connectivity index (χ4n) is 2.84. The third kappa shape index (κ3) is 1.73. The zero-order valence-corrected chi connectivity index (χ0v) is 9.67. The summed E-state index contributed by atoms with van der Waals surface area (Å²) in [6, 6.07) is 2.02. The van der Waals surface area contributed by atoms with Gasteiger partial charge >= 0.3 is 0 Å². The molecule has 0 radical (unpaired) electrons. The molecule has 0 aromatic carbocycles. The first-order valence-corrected chi connectivity index (χ1v) is 6.64. The van der Waals surface area contributed by atoms with Gasteiger partial charge < -0.3 is 5.11 Å². The smallest absolute Gasteiger partial charge is 0.0924 e. The van der Waals surface area contributed by atoms with E-state index >= 15 is 0 Å². The Morgan fingerprint density at radius 1 is 1.47 bits per heavy atom. The van der Waals surface area contributed by atoms with E-state index in [4.69, 9.17) is 0 Å². The topological polar surface area (TPSA) is 23.5 Å². The lowest BCUT2D eigenvalue weighted by molar-refractivity contribution is -0.0764. The molecule has 1 aliphatic heterocycles. The van der Waals surface area contributed by atoms with Gasteiger partial charge in [0.1, 0.15) is 0 Å². The highest BCUT2D eigenvalue weighted by molar-refractivity contribution is 7.07. The fraction of sp³-hybridized carbons (Fsp3) is 0.667. The zero-order valence-electron chi connectivity index (χ0n) is 8.85. The number of thiophene rings is 1. The fourth-order valence-corrected chi connectivity index (χ4v) is 3.55. The highest BCUT2D eigenvalue weighted by atomic mass is 32.1. The van der Waals surface area contributed by atoms with Crippen LogP contribution in [0.15, 0.2) is 16.8 Å². The van der Waals surface area contributed by atoms with Gasteiger partial charge in [0.25, 0.3) is 0 Å². The number of nitrogens with zero attached hydrogens (tertiary/aromatic N) is 1. The van der Waals surface area contributed by atoms with E-state index in [0.29, 0.717) is 5.41 Å². The number of likely N-dealkylation sites (tertiary alicyclic amines) is 1. The van der Waals surface area contributed by atoms with Gasteiger partial charge in [-0.05, 0) is 40.6 Å². The summed E-state index contributed by atoms with van der Waals surface area (Å²) in [5.74, 6) is 0. The summed E-state index contributed by atoms with van der Waals surface area (Å²) in [5.41, 5.74) is 1.75. The van der Waals surface area contributed by atoms with Crippen LogP contribution in [0.25, 0.3) is 0 Å². The van der Waals surface area contributed by atoms with Gasteiger partial charge in [-0.3, -0.25) is 4.90 Å². The number of aliphatic hydroxyl groups excluding tert-OH is 1. The molecule has 0 amide bonds. The standard InChI is InChI=1S/C12H17NOS/c14-11(10-2-5-15-7-10)6-13-8-12(9-13)3-1-4-12/h2,5,7,11,14H,1,3-4,6,8-9H2. The van der Waals surface area contributed by atoms with Crippen molar-refractivity contribution in [3.8, 4) is 0 Å². The molecule has 2 aliphatic rings. The van der Waals surface area contributed by atoms with Crippen LogP contribution in [0.5, 0.6) is 0 Å². The zero-order chi connectivity index (χ0) is 10.3. The molecule has 1 saturated heterocycles. The number of aliphatic hydroxyl groups is 1. The van der Waals surface area contributed by atoms with E-state index in [1.165, 1.54) is 32.4 Å². The molecule has 1 saturated carbocycles. The SMILES string of the molecule is OC(CN1CC2(CCC2)C1)c1ccsc1. The maximum atomic E-state index is 9.97. The molecule has 1 spiro atoms. The first-order valence-electron chi connectivity index (χ1n) is 5.70. The summed E-state index contributed by atoms with van der Waals surface area (Å²) in [5, 5.41) is 14.0. The largest absolute Gasteiger partial charge is 0.387 e. The van der Waals surface area contributed by atoms with Gasteiger partial charge in [-0.15, -0.1) is 0 Å². The summed E-state index contributed by atoms with van der Waals surface area (Å²) in [7, 11) is 0. The van der Waals surface area contributed by atoms with E-state index in [-0.39, 0.29) is 6.10 Å². The van der Waals surface area contributed by atoms with E-state index in [9.17, 15) is 5.11 Å². The van der Waals surface area contributed by atoms with E-state index in [1.54, 1.807) is 11.3 Å². The minimum atomic E-state index is -0.284. The molecule has 82 valence electrons. The number of β-amino-alcohol motifs (C(OH)–C–C–N with tert-alkyl or cyclic N) is 1. The van der Waals surface area contributed by atoms with Crippen molar-refractivity contribution in [1.82, 2.24) is 4.90 Å². The Morgan fingerprint density at radius 3 is 2.80 bits per heavy atom. The Bertz CT molecular complexity index is 323. The van der Waals surface area contributed by atoms with E-state index < -0.39 is 0 Å². The monoisotopic (exact) mass is 223 g/mol. The van der Waals surface area contributed by atoms with Crippen LogP contribution in [0.1, 0.15) is 30.9 Å². The Labute approximate surface area is 94.5 Å². The second kappa shape index (κ2) is 3.58. The van der Waals surface area contributed by atoms with Crippen LogP contribution in [0.2, 0.25) is 0 Å². The van der Waals surface area contributed by atoms with Gasteiger partial charge in [0.05, 0.1) is 6.10 Å². The highest BCUT2D eigenvalue weighted by Crippen LogP contribution is 2.48. The molecule has 1 N–H and O–H groups in total. The quantitative estimate of drug-likeness (QED) is 0.849. The minimum absolute atomic E-state index is 0.284. The summed E-state index contributed by atoms with van der Waals surface area (Å²) < 4.78 is 0. The molecule has 0 bridgehead atoms. The maximum Gasteiger partial charge on any atom is 0.0924 e. The molecule has 1 unspecified atom stereocenters. The van der Waals surface area contributed by atoms with Crippen LogP contribution in [0.4, 0.5) is 0 Å². The normalized spacial score (nSPS) is 25.9. The molecular formula is C12H17NOS. The Morgan fingerprint density at radius 2 is 2.27 bits per heavy atom. The highest BCUT2D eigenvalue weighted by Gasteiger charge is 2.47. The number of hydrogen-bond acceptors (Lipinski definition) is 3.